The number of anilines is 1. The van der Waals surface area contributed by atoms with Gasteiger partial charge in [-0.25, -0.2) is 4.39 Å². The summed E-state index contributed by atoms with van der Waals surface area (Å²) in [5.74, 6) is -1.24. The van der Waals surface area contributed by atoms with E-state index in [-0.39, 0.29) is 24.6 Å². The third-order valence-electron chi connectivity index (χ3n) is 4.07. The summed E-state index contributed by atoms with van der Waals surface area (Å²) in [5.41, 5.74) is 1.84. The second kappa shape index (κ2) is 7.78. The zero-order chi connectivity index (χ0) is 18.5. The lowest BCUT2D eigenvalue weighted by Crippen LogP contribution is -2.34. The number of fused-ring (bicyclic) bond motifs is 1. The van der Waals surface area contributed by atoms with Gasteiger partial charge in [0.15, 0.2) is 0 Å². The van der Waals surface area contributed by atoms with Crippen molar-refractivity contribution < 1.29 is 14.0 Å². The minimum atomic E-state index is -0.508. The highest BCUT2D eigenvalue weighted by molar-refractivity contribution is 5.96. The molecule has 0 spiro atoms. The van der Waals surface area contributed by atoms with Gasteiger partial charge in [0.05, 0.1) is 18.7 Å². The van der Waals surface area contributed by atoms with Crippen LogP contribution < -0.4 is 10.6 Å². The third kappa shape index (κ3) is 4.25. The summed E-state index contributed by atoms with van der Waals surface area (Å²) >= 11 is 0. The quantitative estimate of drug-likeness (QED) is 0.739. The molecule has 5 heteroatoms. The zero-order valence-corrected chi connectivity index (χ0v) is 14.4. The van der Waals surface area contributed by atoms with Gasteiger partial charge in [0.25, 0.3) is 0 Å². The van der Waals surface area contributed by atoms with E-state index < -0.39 is 11.7 Å². The van der Waals surface area contributed by atoms with Gasteiger partial charge in [0, 0.05) is 0 Å². The number of halogens is 1. The van der Waals surface area contributed by atoms with Gasteiger partial charge >= 0.3 is 0 Å². The number of carbonyl (C=O) groups excluding carboxylic acids is 2. The Kier molecular flexibility index (Phi) is 5.27. The molecule has 3 rings (SSSR count). The van der Waals surface area contributed by atoms with Crippen LogP contribution in [0.3, 0.4) is 0 Å². The fourth-order valence-electron chi connectivity index (χ4n) is 2.79. The molecule has 3 aromatic carbocycles. The molecule has 0 saturated carbocycles. The molecular weight excluding hydrogens is 331 g/mol. The number of nitrogens with one attached hydrogen (secondary N) is 2. The first-order valence-corrected chi connectivity index (χ1v) is 8.32. The minimum Gasteiger partial charge on any atom is -0.347 e. The number of hydrogen-bond acceptors (Lipinski definition) is 2. The second-order valence-corrected chi connectivity index (χ2v) is 6.12. The van der Waals surface area contributed by atoms with Crippen LogP contribution in [-0.2, 0) is 16.0 Å². The molecule has 0 aliphatic heterocycles. The van der Waals surface area contributed by atoms with E-state index in [1.54, 1.807) is 19.1 Å². The number of rotatable bonds is 5. The summed E-state index contributed by atoms with van der Waals surface area (Å²) in [5, 5.41) is 7.12. The van der Waals surface area contributed by atoms with E-state index in [0.717, 1.165) is 21.9 Å². The van der Waals surface area contributed by atoms with Crippen LogP contribution in [0.2, 0.25) is 0 Å². The molecule has 0 heterocycles. The Labute approximate surface area is 151 Å². The van der Waals surface area contributed by atoms with Crippen molar-refractivity contribution in [3.8, 4) is 0 Å². The van der Waals surface area contributed by atoms with E-state index in [0.29, 0.717) is 0 Å². The van der Waals surface area contributed by atoms with E-state index in [1.165, 1.54) is 6.07 Å². The Morgan fingerprint density at radius 1 is 0.962 bits per heavy atom. The monoisotopic (exact) mass is 350 g/mol. The smallest absolute Gasteiger partial charge is 0.243 e. The number of carbonyl (C=O) groups is 2. The number of hydrogen-bond donors (Lipinski definition) is 2. The molecule has 0 aliphatic carbocycles. The lowest BCUT2D eigenvalue weighted by Gasteiger charge is -2.09. The molecule has 0 aliphatic rings. The van der Waals surface area contributed by atoms with Gasteiger partial charge in [0.1, 0.15) is 5.82 Å². The van der Waals surface area contributed by atoms with Crippen molar-refractivity contribution in [1.29, 1.82) is 0 Å². The van der Waals surface area contributed by atoms with Crippen LogP contribution in [0, 0.1) is 12.7 Å². The molecule has 132 valence electrons. The lowest BCUT2D eigenvalue weighted by molar-refractivity contribution is -0.123. The summed E-state index contributed by atoms with van der Waals surface area (Å²) in [7, 11) is 0. The van der Waals surface area contributed by atoms with Crippen LogP contribution in [0.1, 0.15) is 11.1 Å². The maximum atomic E-state index is 13.7. The molecule has 26 heavy (non-hydrogen) atoms. The Hall–Kier alpha value is -3.21. The van der Waals surface area contributed by atoms with Crippen LogP contribution in [0.15, 0.2) is 60.7 Å². The average Bonchev–Trinajstić information content (AvgIpc) is 2.63. The summed E-state index contributed by atoms with van der Waals surface area (Å²) in [6, 6.07) is 18.1. The summed E-state index contributed by atoms with van der Waals surface area (Å²) in [6.45, 7) is 1.60. The minimum absolute atomic E-state index is 0.110. The van der Waals surface area contributed by atoms with Gasteiger partial charge < -0.3 is 10.6 Å². The summed E-state index contributed by atoms with van der Waals surface area (Å²) in [6.07, 6.45) is 0.174. The first-order chi connectivity index (χ1) is 12.5. The van der Waals surface area contributed by atoms with Crippen molar-refractivity contribution in [3.05, 3.63) is 77.6 Å². The Bertz CT molecular complexity index is 964. The third-order valence-corrected chi connectivity index (χ3v) is 4.07. The normalized spacial score (nSPS) is 10.5. The predicted molar refractivity (Wildman–Crippen MR) is 100 cm³/mol. The number of aryl methyl sites for hydroxylation is 1. The van der Waals surface area contributed by atoms with Crippen molar-refractivity contribution in [2.75, 3.05) is 11.9 Å². The van der Waals surface area contributed by atoms with Crippen LogP contribution in [0.5, 0.6) is 0 Å². The maximum Gasteiger partial charge on any atom is 0.243 e. The molecule has 0 fully saturated rings. The predicted octanol–water partition coefficient (Wildman–Crippen LogP) is 3.58. The molecule has 2 amide bonds. The van der Waals surface area contributed by atoms with Gasteiger partial charge in [-0.15, -0.1) is 0 Å². The van der Waals surface area contributed by atoms with E-state index >= 15 is 0 Å². The molecular formula is C21H19FN2O2. The topological polar surface area (TPSA) is 58.2 Å². The van der Waals surface area contributed by atoms with Gasteiger partial charge in [-0.05, 0) is 41.0 Å². The second-order valence-electron chi connectivity index (χ2n) is 6.12. The Morgan fingerprint density at radius 2 is 1.73 bits per heavy atom. The summed E-state index contributed by atoms with van der Waals surface area (Å²) < 4.78 is 13.7. The summed E-state index contributed by atoms with van der Waals surface area (Å²) in [4.78, 5) is 24.1. The van der Waals surface area contributed by atoms with Gasteiger partial charge in [0.2, 0.25) is 11.8 Å². The molecule has 0 unspecified atom stereocenters. The van der Waals surface area contributed by atoms with Crippen molar-refractivity contribution in [1.82, 2.24) is 5.32 Å². The molecule has 0 aromatic heterocycles. The van der Waals surface area contributed by atoms with Crippen molar-refractivity contribution in [2.45, 2.75) is 13.3 Å². The zero-order valence-electron chi connectivity index (χ0n) is 14.4. The number of benzene rings is 3. The van der Waals surface area contributed by atoms with Gasteiger partial charge in [-0.2, -0.15) is 0 Å². The molecule has 2 N–H and O–H groups in total. The van der Waals surface area contributed by atoms with Gasteiger partial charge in [-0.1, -0.05) is 48.5 Å². The van der Waals surface area contributed by atoms with Crippen LogP contribution in [0.25, 0.3) is 10.8 Å². The number of amides is 2. The van der Waals surface area contributed by atoms with Gasteiger partial charge in [-0.3, -0.25) is 9.59 Å². The van der Waals surface area contributed by atoms with E-state index in [1.807, 2.05) is 42.5 Å². The fourth-order valence-corrected chi connectivity index (χ4v) is 2.79. The van der Waals surface area contributed by atoms with Crippen LogP contribution in [-0.4, -0.2) is 18.4 Å². The fraction of sp³-hybridized carbons (Fsp3) is 0.143. The first kappa shape index (κ1) is 17.6. The molecule has 4 nitrogen and oxygen atoms in total. The molecule has 0 saturated heterocycles. The molecule has 0 atom stereocenters. The van der Waals surface area contributed by atoms with E-state index in [2.05, 4.69) is 10.6 Å². The first-order valence-electron chi connectivity index (χ1n) is 8.32. The molecule has 3 aromatic rings. The van der Waals surface area contributed by atoms with E-state index in [9.17, 15) is 14.0 Å². The SMILES string of the molecule is Cc1ccc(F)c(NC(=O)CNC(=O)Cc2cccc3ccccc23)c1. The lowest BCUT2D eigenvalue weighted by atomic mass is 10.0. The van der Waals surface area contributed by atoms with Crippen LogP contribution >= 0.6 is 0 Å². The Morgan fingerprint density at radius 3 is 2.58 bits per heavy atom. The van der Waals surface area contributed by atoms with Crippen molar-refractivity contribution in [2.24, 2.45) is 0 Å². The highest BCUT2D eigenvalue weighted by atomic mass is 19.1. The van der Waals surface area contributed by atoms with E-state index in [4.69, 9.17) is 0 Å². The molecule has 0 bridgehead atoms. The largest absolute Gasteiger partial charge is 0.347 e. The highest BCUT2D eigenvalue weighted by Gasteiger charge is 2.10. The van der Waals surface area contributed by atoms with Crippen molar-refractivity contribution in [3.63, 3.8) is 0 Å². The standard InChI is InChI=1S/C21H19FN2O2/c1-14-9-10-18(22)19(11-14)24-21(26)13-23-20(25)12-16-7-4-6-15-5-2-3-8-17(15)16/h2-11H,12-13H2,1H3,(H,23,25)(H,24,26). The maximum absolute atomic E-state index is 13.7. The van der Waals surface area contributed by atoms with Crippen molar-refractivity contribution >= 4 is 28.3 Å². The highest BCUT2D eigenvalue weighted by Crippen LogP contribution is 2.19. The van der Waals surface area contributed by atoms with Crippen LogP contribution in [0.4, 0.5) is 10.1 Å². The molecule has 0 radical (unpaired) electrons. The average molecular weight is 350 g/mol. The Balaban J connectivity index is 1.58.